The molecule has 0 saturated heterocycles. The zero-order valence-corrected chi connectivity index (χ0v) is 11.1. The van der Waals surface area contributed by atoms with Crippen LogP contribution in [0.4, 0.5) is 8.78 Å². The van der Waals surface area contributed by atoms with Crippen LogP contribution in [-0.2, 0) is 0 Å². The predicted molar refractivity (Wildman–Crippen MR) is 75.6 cm³/mol. The van der Waals surface area contributed by atoms with Crippen molar-refractivity contribution in [3.05, 3.63) is 53.6 Å². The molecule has 0 saturated carbocycles. The van der Waals surface area contributed by atoms with Gasteiger partial charge >= 0.3 is 0 Å². The summed E-state index contributed by atoms with van der Waals surface area (Å²) in [5, 5.41) is 0.557. The lowest BCUT2D eigenvalue weighted by molar-refractivity contribution is 0.112. The van der Waals surface area contributed by atoms with Crippen LogP contribution in [0, 0.1) is 11.6 Å². The van der Waals surface area contributed by atoms with E-state index in [9.17, 15) is 13.6 Å². The molecule has 106 valence electrons. The maximum absolute atomic E-state index is 13.9. The third-order valence-corrected chi connectivity index (χ3v) is 3.38. The zero-order chi connectivity index (χ0) is 15.0. The smallest absolute Gasteiger partial charge is 0.152 e. The van der Waals surface area contributed by atoms with Crippen LogP contribution in [0.3, 0.4) is 0 Å². The number of carbonyl (C=O) groups is 1. The highest BCUT2D eigenvalue weighted by atomic mass is 19.1. The molecule has 3 aromatic rings. The lowest BCUT2D eigenvalue weighted by Gasteiger charge is -2.03. The van der Waals surface area contributed by atoms with Crippen LogP contribution in [0.25, 0.3) is 22.2 Å². The molecule has 0 aliphatic carbocycles. The van der Waals surface area contributed by atoms with E-state index >= 15 is 0 Å². The fourth-order valence-corrected chi connectivity index (χ4v) is 2.38. The number of aromatic amines is 1. The third kappa shape index (κ3) is 2.07. The molecule has 0 aliphatic heterocycles. The number of fused-ring (bicyclic) bond motifs is 1. The van der Waals surface area contributed by atoms with E-state index in [0.717, 1.165) is 12.1 Å². The summed E-state index contributed by atoms with van der Waals surface area (Å²) in [6.07, 6.45) is 0.583. The Kier molecular flexibility index (Phi) is 3.17. The molecule has 2 aromatic carbocycles. The molecule has 0 spiro atoms. The topological polar surface area (TPSA) is 42.1 Å². The van der Waals surface area contributed by atoms with E-state index in [-0.39, 0.29) is 16.8 Å². The second kappa shape index (κ2) is 5.01. The number of hydrogen-bond acceptors (Lipinski definition) is 2. The lowest BCUT2D eigenvalue weighted by atomic mass is 10.0. The van der Waals surface area contributed by atoms with E-state index in [1.54, 1.807) is 18.2 Å². The Morgan fingerprint density at radius 3 is 2.48 bits per heavy atom. The van der Waals surface area contributed by atoms with Crippen molar-refractivity contribution < 1.29 is 18.3 Å². The van der Waals surface area contributed by atoms with Crippen LogP contribution in [0.2, 0.25) is 0 Å². The summed E-state index contributed by atoms with van der Waals surface area (Å²) >= 11 is 0. The molecule has 21 heavy (non-hydrogen) atoms. The van der Waals surface area contributed by atoms with Gasteiger partial charge in [-0.25, -0.2) is 8.78 Å². The Morgan fingerprint density at radius 2 is 1.86 bits per heavy atom. The Labute approximate surface area is 119 Å². The van der Waals surface area contributed by atoms with Crippen molar-refractivity contribution in [2.75, 3.05) is 7.11 Å². The normalized spacial score (nSPS) is 10.8. The molecule has 0 aliphatic rings. The first-order valence-electron chi connectivity index (χ1n) is 6.25. The van der Waals surface area contributed by atoms with Gasteiger partial charge in [-0.05, 0) is 30.3 Å². The van der Waals surface area contributed by atoms with Gasteiger partial charge in [0.2, 0.25) is 0 Å². The number of aromatic nitrogens is 1. The Morgan fingerprint density at radius 1 is 1.14 bits per heavy atom. The van der Waals surface area contributed by atoms with Crippen molar-refractivity contribution in [1.82, 2.24) is 4.98 Å². The van der Waals surface area contributed by atoms with E-state index in [1.807, 2.05) is 0 Å². The quantitative estimate of drug-likeness (QED) is 0.741. The third-order valence-electron chi connectivity index (χ3n) is 3.38. The van der Waals surface area contributed by atoms with Gasteiger partial charge in [0.1, 0.15) is 17.4 Å². The largest absolute Gasteiger partial charge is 0.497 e. The minimum absolute atomic E-state index is 0.129. The zero-order valence-electron chi connectivity index (χ0n) is 11.1. The number of hydrogen-bond donors (Lipinski definition) is 1. The molecule has 0 fully saturated rings. The van der Waals surface area contributed by atoms with Crippen molar-refractivity contribution in [1.29, 1.82) is 0 Å². The minimum Gasteiger partial charge on any atom is -0.497 e. The summed E-state index contributed by atoms with van der Waals surface area (Å²) in [4.78, 5) is 14.3. The Balaban J connectivity index is 2.35. The predicted octanol–water partition coefficient (Wildman–Crippen LogP) is 3.93. The molecule has 0 radical (unpaired) electrons. The van der Waals surface area contributed by atoms with Gasteiger partial charge in [0.25, 0.3) is 0 Å². The molecule has 3 rings (SSSR count). The molecular weight excluding hydrogens is 276 g/mol. The summed E-state index contributed by atoms with van der Waals surface area (Å²) in [6.45, 7) is 0. The first-order chi connectivity index (χ1) is 10.2. The van der Waals surface area contributed by atoms with Gasteiger partial charge < -0.3 is 9.72 Å². The van der Waals surface area contributed by atoms with Gasteiger partial charge in [-0.3, -0.25) is 4.79 Å². The van der Waals surface area contributed by atoms with Crippen LogP contribution in [-0.4, -0.2) is 18.4 Å². The fourth-order valence-electron chi connectivity index (χ4n) is 2.38. The number of benzene rings is 2. The van der Waals surface area contributed by atoms with Crippen LogP contribution >= 0.6 is 0 Å². The van der Waals surface area contributed by atoms with E-state index in [2.05, 4.69) is 4.98 Å². The van der Waals surface area contributed by atoms with Crippen LogP contribution in [0.5, 0.6) is 5.75 Å². The maximum atomic E-state index is 13.9. The number of ether oxygens (including phenoxy) is 1. The molecule has 0 amide bonds. The standard InChI is InChI=1S/C16H11F2NO2/c1-21-9-5-6-14-10(7-9)11(8-20)16(19-14)15-12(17)3-2-4-13(15)18/h2-8,19H,1H3. The van der Waals surface area contributed by atoms with Gasteiger partial charge in [0.15, 0.2) is 6.29 Å². The summed E-state index contributed by atoms with van der Waals surface area (Å²) in [6, 6.07) is 8.63. The van der Waals surface area contributed by atoms with Crippen molar-refractivity contribution in [3.8, 4) is 17.0 Å². The maximum Gasteiger partial charge on any atom is 0.152 e. The second-order valence-corrected chi connectivity index (χ2v) is 4.54. The average Bonchev–Trinajstić information content (AvgIpc) is 2.84. The number of methoxy groups -OCH3 is 1. The Bertz CT molecular complexity index is 819. The van der Waals surface area contributed by atoms with Crippen molar-refractivity contribution in [2.45, 2.75) is 0 Å². The van der Waals surface area contributed by atoms with Gasteiger partial charge in [-0.1, -0.05) is 6.07 Å². The summed E-state index contributed by atoms with van der Waals surface area (Å²) in [5.41, 5.74) is 0.696. The summed E-state index contributed by atoms with van der Waals surface area (Å²) < 4.78 is 33.0. The summed E-state index contributed by atoms with van der Waals surface area (Å²) in [5.74, 6) is -0.890. The second-order valence-electron chi connectivity index (χ2n) is 4.54. The highest BCUT2D eigenvalue weighted by Gasteiger charge is 2.19. The van der Waals surface area contributed by atoms with E-state index in [1.165, 1.54) is 13.2 Å². The number of H-pyrrole nitrogens is 1. The molecule has 0 bridgehead atoms. The van der Waals surface area contributed by atoms with E-state index in [4.69, 9.17) is 4.74 Å². The van der Waals surface area contributed by atoms with Gasteiger partial charge in [0, 0.05) is 16.5 Å². The van der Waals surface area contributed by atoms with Crippen LogP contribution in [0.15, 0.2) is 36.4 Å². The Hall–Kier alpha value is -2.69. The molecule has 0 unspecified atom stereocenters. The monoisotopic (exact) mass is 287 g/mol. The number of halogens is 2. The minimum atomic E-state index is -0.725. The van der Waals surface area contributed by atoms with E-state index in [0.29, 0.717) is 22.9 Å². The van der Waals surface area contributed by atoms with Crippen molar-refractivity contribution in [3.63, 3.8) is 0 Å². The van der Waals surface area contributed by atoms with Crippen LogP contribution in [0.1, 0.15) is 10.4 Å². The fraction of sp³-hybridized carbons (Fsp3) is 0.0625. The summed E-state index contributed by atoms with van der Waals surface area (Å²) in [7, 11) is 1.51. The average molecular weight is 287 g/mol. The molecule has 1 heterocycles. The van der Waals surface area contributed by atoms with E-state index < -0.39 is 11.6 Å². The van der Waals surface area contributed by atoms with Gasteiger partial charge in [-0.15, -0.1) is 0 Å². The molecule has 1 aromatic heterocycles. The van der Waals surface area contributed by atoms with Crippen molar-refractivity contribution in [2.24, 2.45) is 0 Å². The highest BCUT2D eigenvalue weighted by Crippen LogP contribution is 2.33. The van der Waals surface area contributed by atoms with Crippen LogP contribution < -0.4 is 4.74 Å². The molecule has 5 heteroatoms. The number of rotatable bonds is 3. The SMILES string of the molecule is COc1ccc2[nH]c(-c3c(F)cccc3F)c(C=O)c2c1. The lowest BCUT2D eigenvalue weighted by Crippen LogP contribution is -1.93. The molecule has 1 N–H and O–H groups in total. The van der Waals surface area contributed by atoms with Crippen molar-refractivity contribution >= 4 is 17.2 Å². The molecule has 3 nitrogen and oxygen atoms in total. The van der Waals surface area contributed by atoms with Gasteiger partial charge in [0.05, 0.1) is 18.4 Å². The first-order valence-corrected chi connectivity index (χ1v) is 6.25. The number of carbonyl (C=O) groups excluding carboxylic acids is 1. The molecule has 0 atom stereocenters. The molecular formula is C16H11F2NO2. The van der Waals surface area contributed by atoms with Gasteiger partial charge in [-0.2, -0.15) is 0 Å². The number of nitrogens with one attached hydrogen (secondary N) is 1. The highest BCUT2D eigenvalue weighted by molar-refractivity contribution is 6.04. The number of aldehydes is 1. The first kappa shape index (κ1) is 13.3.